The van der Waals surface area contributed by atoms with Crippen LogP contribution < -0.4 is 20.9 Å². The third kappa shape index (κ3) is 5.41. The smallest absolute Gasteiger partial charge is 0.229 e. The van der Waals surface area contributed by atoms with E-state index in [0.717, 1.165) is 11.4 Å². The van der Waals surface area contributed by atoms with Gasteiger partial charge in [-0.25, -0.2) is 15.0 Å². The van der Waals surface area contributed by atoms with Gasteiger partial charge in [-0.3, -0.25) is 9.59 Å². The molecule has 3 heterocycles. The van der Waals surface area contributed by atoms with Crippen molar-refractivity contribution < 1.29 is 9.59 Å². The van der Waals surface area contributed by atoms with Crippen LogP contribution in [0.3, 0.4) is 0 Å². The third-order valence-electron chi connectivity index (χ3n) is 5.58. The van der Waals surface area contributed by atoms with E-state index in [9.17, 15) is 9.59 Å². The number of aromatic nitrogens is 3. The molecule has 1 atom stereocenters. The molecular weight excluding hydrogens is 442 g/mol. The monoisotopic (exact) mass is 465 g/mol. The minimum absolute atomic E-state index is 0.0438. The van der Waals surface area contributed by atoms with Crippen molar-refractivity contribution in [3.63, 3.8) is 0 Å². The Morgan fingerprint density at radius 3 is 2.26 bits per heavy atom. The zero-order chi connectivity index (χ0) is 24.0. The van der Waals surface area contributed by atoms with Gasteiger partial charge in [0.05, 0.1) is 5.92 Å². The van der Waals surface area contributed by atoms with E-state index < -0.39 is 5.92 Å². The standard InChI is InChI=1S/C26H23N7O2/c34-25-14-18(16-33(25)21-6-2-1-3-7-21)26(35)31-20-11-9-19(10-12-20)30-23-15-24(29-17-28-23)32-22-8-4-5-13-27-22/h1-13,15,17-18H,14,16H2,(H,31,35)(H2,27,28,29,30,32). The van der Waals surface area contributed by atoms with Gasteiger partial charge in [0.25, 0.3) is 0 Å². The fourth-order valence-electron chi connectivity index (χ4n) is 3.83. The second-order valence-corrected chi connectivity index (χ2v) is 8.06. The number of nitrogens with one attached hydrogen (secondary N) is 3. The van der Waals surface area contributed by atoms with E-state index in [1.165, 1.54) is 6.33 Å². The molecule has 9 heteroatoms. The molecule has 35 heavy (non-hydrogen) atoms. The summed E-state index contributed by atoms with van der Waals surface area (Å²) in [7, 11) is 0. The second kappa shape index (κ2) is 10.0. The van der Waals surface area contributed by atoms with Gasteiger partial charge in [0.1, 0.15) is 23.8 Å². The lowest BCUT2D eigenvalue weighted by molar-refractivity contribution is -0.122. The Hall–Kier alpha value is -4.79. The number of hydrogen-bond donors (Lipinski definition) is 3. The van der Waals surface area contributed by atoms with Gasteiger partial charge in [-0.15, -0.1) is 0 Å². The number of rotatable bonds is 7. The van der Waals surface area contributed by atoms with E-state index in [2.05, 4.69) is 30.9 Å². The maximum absolute atomic E-state index is 12.8. The van der Waals surface area contributed by atoms with E-state index >= 15 is 0 Å². The van der Waals surface area contributed by atoms with Gasteiger partial charge < -0.3 is 20.9 Å². The highest BCUT2D eigenvalue weighted by molar-refractivity contribution is 6.03. The van der Waals surface area contributed by atoms with Crippen molar-refractivity contribution in [1.29, 1.82) is 0 Å². The predicted molar refractivity (Wildman–Crippen MR) is 135 cm³/mol. The summed E-state index contributed by atoms with van der Waals surface area (Å²) in [5.41, 5.74) is 2.27. The first-order valence-corrected chi connectivity index (χ1v) is 11.2. The number of anilines is 6. The van der Waals surface area contributed by atoms with Gasteiger partial charge in [-0.2, -0.15) is 0 Å². The molecule has 1 fully saturated rings. The predicted octanol–water partition coefficient (Wildman–Crippen LogP) is 4.35. The van der Waals surface area contributed by atoms with Crippen LogP contribution in [0.15, 0.2) is 91.4 Å². The van der Waals surface area contributed by atoms with Crippen LogP contribution in [-0.2, 0) is 9.59 Å². The summed E-state index contributed by atoms with van der Waals surface area (Å²) >= 11 is 0. The van der Waals surface area contributed by atoms with Gasteiger partial charge in [0, 0.05) is 42.3 Å². The van der Waals surface area contributed by atoms with E-state index in [4.69, 9.17) is 0 Å². The molecule has 0 saturated carbocycles. The Morgan fingerprint density at radius 1 is 0.800 bits per heavy atom. The molecule has 0 bridgehead atoms. The third-order valence-corrected chi connectivity index (χ3v) is 5.58. The molecule has 4 aromatic rings. The zero-order valence-electron chi connectivity index (χ0n) is 18.8. The normalized spacial score (nSPS) is 15.0. The summed E-state index contributed by atoms with van der Waals surface area (Å²) in [5, 5.41) is 9.26. The van der Waals surface area contributed by atoms with Crippen molar-refractivity contribution in [2.75, 3.05) is 27.4 Å². The van der Waals surface area contributed by atoms with Crippen molar-refractivity contribution in [1.82, 2.24) is 15.0 Å². The Labute approximate surface area is 202 Å². The first-order valence-electron chi connectivity index (χ1n) is 11.2. The van der Waals surface area contributed by atoms with Gasteiger partial charge in [0.2, 0.25) is 11.8 Å². The van der Waals surface area contributed by atoms with Crippen molar-refractivity contribution in [2.24, 2.45) is 5.92 Å². The maximum atomic E-state index is 12.8. The summed E-state index contributed by atoms with van der Waals surface area (Å²) in [4.78, 5) is 39.5. The average molecular weight is 466 g/mol. The van der Waals surface area contributed by atoms with Crippen LogP contribution in [-0.4, -0.2) is 33.3 Å². The Kier molecular flexibility index (Phi) is 6.29. The van der Waals surface area contributed by atoms with Crippen LogP contribution in [0.25, 0.3) is 0 Å². The molecule has 5 rings (SSSR count). The summed E-state index contributed by atoms with van der Waals surface area (Å²) < 4.78 is 0. The molecule has 0 spiro atoms. The molecule has 0 radical (unpaired) electrons. The lowest BCUT2D eigenvalue weighted by Gasteiger charge is -2.16. The molecule has 174 valence electrons. The Bertz CT molecular complexity index is 1310. The van der Waals surface area contributed by atoms with E-state index in [0.29, 0.717) is 29.7 Å². The average Bonchev–Trinajstić information content (AvgIpc) is 3.28. The second-order valence-electron chi connectivity index (χ2n) is 8.06. The number of nitrogens with zero attached hydrogens (tertiary/aromatic N) is 4. The molecule has 9 nitrogen and oxygen atoms in total. The fourth-order valence-corrected chi connectivity index (χ4v) is 3.83. The summed E-state index contributed by atoms with van der Waals surface area (Å²) in [6.07, 6.45) is 3.36. The summed E-state index contributed by atoms with van der Waals surface area (Å²) in [5.74, 6) is 1.30. The zero-order valence-corrected chi connectivity index (χ0v) is 18.8. The highest BCUT2D eigenvalue weighted by Gasteiger charge is 2.35. The maximum Gasteiger partial charge on any atom is 0.229 e. The van der Waals surface area contributed by atoms with Gasteiger partial charge in [-0.1, -0.05) is 24.3 Å². The molecular formula is C26H23N7O2. The lowest BCUT2D eigenvalue weighted by atomic mass is 10.1. The number of pyridine rings is 1. The minimum Gasteiger partial charge on any atom is -0.340 e. The molecule has 0 aliphatic carbocycles. The molecule has 1 aliphatic heterocycles. The number of hydrogen-bond acceptors (Lipinski definition) is 7. The van der Waals surface area contributed by atoms with Crippen LogP contribution in [0.5, 0.6) is 0 Å². The molecule has 1 saturated heterocycles. The van der Waals surface area contributed by atoms with Crippen LogP contribution in [0, 0.1) is 5.92 Å². The highest BCUT2D eigenvalue weighted by Crippen LogP contribution is 2.26. The van der Waals surface area contributed by atoms with Crippen LogP contribution in [0.1, 0.15) is 6.42 Å². The number of benzene rings is 2. The van der Waals surface area contributed by atoms with Crippen LogP contribution in [0.4, 0.5) is 34.5 Å². The van der Waals surface area contributed by atoms with Crippen molar-refractivity contribution >= 4 is 46.3 Å². The van der Waals surface area contributed by atoms with Gasteiger partial charge in [0.15, 0.2) is 0 Å². The first-order chi connectivity index (χ1) is 17.1. The molecule has 2 aromatic heterocycles. The molecule has 2 amide bonds. The Balaban J connectivity index is 1.18. The van der Waals surface area contributed by atoms with Crippen LogP contribution in [0.2, 0.25) is 0 Å². The molecule has 2 aromatic carbocycles. The number of amides is 2. The topological polar surface area (TPSA) is 112 Å². The number of carbonyl (C=O) groups is 2. The molecule has 1 unspecified atom stereocenters. The number of para-hydroxylation sites is 1. The molecule has 3 N–H and O–H groups in total. The SMILES string of the molecule is O=C(Nc1ccc(Nc2cc(Nc3ccccn3)ncn2)cc1)C1CC(=O)N(c2ccccc2)C1. The summed E-state index contributed by atoms with van der Waals surface area (Å²) in [6, 6.07) is 24.1. The van der Waals surface area contributed by atoms with Crippen molar-refractivity contribution in [3.05, 3.63) is 91.4 Å². The first kappa shape index (κ1) is 22.0. The van der Waals surface area contributed by atoms with Gasteiger partial charge in [-0.05, 0) is 48.5 Å². The van der Waals surface area contributed by atoms with E-state index in [-0.39, 0.29) is 18.2 Å². The summed E-state index contributed by atoms with van der Waals surface area (Å²) in [6.45, 7) is 0.372. The van der Waals surface area contributed by atoms with Crippen LogP contribution >= 0.6 is 0 Å². The quantitative estimate of drug-likeness (QED) is 0.372. The largest absolute Gasteiger partial charge is 0.340 e. The minimum atomic E-state index is -0.397. The fraction of sp³-hybridized carbons (Fsp3) is 0.115. The Morgan fingerprint density at radius 2 is 1.51 bits per heavy atom. The number of carbonyl (C=O) groups excluding carboxylic acids is 2. The van der Waals surface area contributed by atoms with Gasteiger partial charge >= 0.3 is 0 Å². The van der Waals surface area contributed by atoms with Crippen molar-refractivity contribution in [3.8, 4) is 0 Å². The lowest BCUT2D eigenvalue weighted by Crippen LogP contribution is -2.28. The van der Waals surface area contributed by atoms with Crippen molar-refractivity contribution in [2.45, 2.75) is 6.42 Å². The molecule has 1 aliphatic rings. The van der Waals surface area contributed by atoms with E-state index in [1.54, 1.807) is 29.3 Å². The van der Waals surface area contributed by atoms with E-state index in [1.807, 2.05) is 60.7 Å². The highest BCUT2D eigenvalue weighted by atomic mass is 16.2.